The molecule has 1 aliphatic rings. The molecule has 124 valence electrons. The van der Waals surface area contributed by atoms with Crippen molar-refractivity contribution in [2.24, 2.45) is 11.3 Å². The number of rotatable bonds is 2. The third-order valence-electron chi connectivity index (χ3n) is 5.03. The van der Waals surface area contributed by atoms with Crippen LogP contribution in [-0.4, -0.2) is 11.9 Å². The Balaban J connectivity index is 1.67. The van der Waals surface area contributed by atoms with E-state index in [2.05, 4.69) is 26.1 Å². The van der Waals surface area contributed by atoms with E-state index in [1.807, 2.05) is 24.3 Å². The Hall–Kier alpha value is -1.06. The summed E-state index contributed by atoms with van der Waals surface area (Å²) in [6.07, 6.45) is 4.51. The summed E-state index contributed by atoms with van der Waals surface area (Å²) in [4.78, 5) is 13.2. The first-order valence-corrected chi connectivity index (χ1v) is 9.53. The Morgan fingerprint density at radius 3 is 2.43 bits per heavy atom. The predicted octanol–water partition coefficient (Wildman–Crippen LogP) is 5.89. The van der Waals surface area contributed by atoms with E-state index in [1.54, 1.807) is 0 Å². The van der Waals surface area contributed by atoms with Gasteiger partial charge in [-0.3, -0.25) is 4.79 Å². The molecule has 0 atom stereocenters. The monoisotopic (exact) mass is 349 g/mol. The van der Waals surface area contributed by atoms with Crippen LogP contribution in [-0.2, 0) is 0 Å². The number of nitrogens with one attached hydrogen (secondary N) is 1. The topological polar surface area (TPSA) is 29.1 Å². The van der Waals surface area contributed by atoms with E-state index < -0.39 is 0 Å². The number of benzene rings is 1. The minimum Gasteiger partial charge on any atom is -0.349 e. The van der Waals surface area contributed by atoms with Gasteiger partial charge in [-0.05, 0) is 43.1 Å². The fraction of sp³-hybridized carbons (Fsp3) is 0.526. The van der Waals surface area contributed by atoms with Gasteiger partial charge in [0.1, 0.15) is 4.88 Å². The van der Waals surface area contributed by atoms with Gasteiger partial charge in [0.05, 0.1) is 5.02 Å². The first-order chi connectivity index (χ1) is 10.9. The van der Waals surface area contributed by atoms with Crippen molar-refractivity contribution in [3.8, 4) is 0 Å². The zero-order chi connectivity index (χ0) is 16.6. The van der Waals surface area contributed by atoms with Crippen LogP contribution in [0.2, 0.25) is 5.02 Å². The highest BCUT2D eigenvalue weighted by molar-refractivity contribution is 7.21. The summed E-state index contributed by atoms with van der Waals surface area (Å²) >= 11 is 7.88. The molecule has 2 nitrogen and oxygen atoms in total. The number of halogens is 1. The van der Waals surface area contributed by atoms with E-state index in [-0.39, 0.29) is 11.9 Å². The largest absolute Gasteiger partial charge is 0.349 e. The Morgan fingerprint density at radius 1 is 1.17 bits per heavy atom. The van der Waals surface area contributed by atoms with Gasteiger partial charge in [-0.15, -0.1) is 11.3 Å². The summed E-state index contributed by atoms with van der Waals surface area (Å²) in [5, 5.41) is 4.76. The van der Waals surface area contributed by atoms with Crippen LogP contribution >= 0.6 is 22.9 Å². The van der Waals surface area contributed by atoms with Gasteiger partial charge in [-0.2, -0.15) is 0 Å². The van der Waals surface area contributed by atoms with Gasteiger partial charge in [0, 0.05) is 16.1 Å². The molecule has 2 aromatic rings. The van der Waals surface area contributed by atoms with E-state index in [4.69, 9.17) is 11.6 Å². The molecule has 0 unspecified atom stereocenters. The van der Waals surface area contributed by atoms with E-state index in [1.165, 1.54) is 24.2 Å². The molecule has 1 aromatic heterocycles. The Kier molecular flexibility index (Phi) is 4.70. The van der Waals surface area contributed by atoms with Crippen molar-refractivity contribution in [2.75, 3.05) is 0 Å². The first-order valence-electron chi connectivity index (χ1n) is 8.34. The second-order valence-corrected chi connectivity index (χ2v) is 9.06. The molecule has 3 rings (SSSR count). The smallest absolute Gasteiger partial charge is 0.263 e. The standard InChI is InChI=1S/C19H24ClNOS/c1-19(2,3)12-8-10-13(11-9-12)21-18(22)17-16(20)14-6-4-5-7-15(14)23-17/h4-7,12-13H,8-11H2,1-3H3,(H,21,22). The van der Waals surface area contributed by atoms with E-state index >= 15 is 0 Å². The summed E-state index contributed by atoms with van der Waals surface area (Å²) in [6, 6.07) is 8.19. The number of carbonyl (C=O) groups is 1. The molecule has 1 heterocycles. The number of carbonyl (C=O) groups excluding carboxylic acids is 1. The summed E-state index contributed by atoms with van der Waals surface area (Å²) in [5.74, 6) is 0.735. The van der Waals surface area contributed by atoms with Crippen LogP contribution in [0.5, 0.6) is 0 Å². The summed E-state index contributed by atoms with van der Waals surface area (Å²) in [7, 11) is 0. The third-order valence-corrected chi connectivity index (χ3v) is 6.70. The van der Waals surface area contributed by atoms with Crippen molar-refractivity contribution in [1.82, 2.24) is 5.32 Å². The molecular weight excluding hydrogens is 326 g/mol. The number of amides is 1. The molecule has 23 heavy (non-hydrogen) atoms. The molecule has 1 aromatic carbocycles. The average molecular weight is 350 g/mol. The molecule has 1 aliphatic carbocycles. The lowest BCUT2D eigenvalue weighted by atomic mass is 9.71. The molecule has 0 aliphatic heterocycles. The van der Waals surface area contributed by atoms with Gasteiger partial charge in [-0.25, -0.2) is 0 Å². The summed E-state index contributed by atoms with van der Waals surface area (Å²) in [5.41, 5.74) is 0.365. The number of fused-ring (bicyclic) bond motifs is 1. The fourth-order valence-electron chi connectivity index (χ4n) is 3.51. The van der Waals surface area contributed by atoms with Crippen LogP contribution in [0.1, 0.15) is 56.1 Å². The lowest BCUT2D eigenvalue weighted by Gasteiger charge is -2.37. The zero-order valence-corrected chi connectivity index (χ0v) is 15.6. The fourth-order valence-corrected chi connectivity index (χ4v) is 4.93. The van der Waals surface area contributed by atoms with Crippen molar-refractivity contribution in [3.05, 3.63) is 34.2 Å². The van der Waals surface area contributed by atoms with Gasteiger partial charge in [0.2, 0.25) is 0 Å². The zero-order valence-electron chi connectivity index (χ0n) is 14.0. The third kappa shape index (κ3) is 3.56. The molecule has 0 saturated heterocycles. The van der Waals surface area contributed by atoms with Crippen LogP contribution in [0.4, 0.5) is 0 Å². The van der Waals surface area contributed by atoms with Crippen molar-refractivity contribution in [3.63, 3.8) is 0 Å². The summed E-state index contributed by atoms with van der Waals surface area (Å²) < 4.78 is 1.07. The Bertz CT molecular complexity index is 708. The van der Waals surface area contributed by atoms with E-state index in [9.17, 15) is 4.79 Å². The quantitative estimate of drug-likeness (QED) is 0.719. The van der Waals surface area contributed by atoms with Gasteiger partial charge in [0.15, 0.2) is 0 Å². The molecule has 0 radical (unpaired) electrons. The number of hydrogen-bond acceptors (Lipinski definition) is 2. The number of hydrogen-bond donors (Lipinski definition) is 1. The number of thiophene rings is 1. The highest BCUT2D eigenvalue weighted by atomic mass is 35.5. The maximum Gasteiger partial charge on any atom is 0.263 e. The second kappa shape index (κ2) is 6.45. The molecule has 4 heteroatoms. The Labute approximate surface area is 147 Å². The molecule has 1 amide bonds. The van der Waals surface area contributed by atoms with Crippen molar-refractivity contribution in [1.29, 1.82) is 0 Å². The van der Waals surface area contributed by atoms with E-state index in [0.29, 0.717) is 15.3 Å². The molecule has 1 saturated carbocycles. The van der Waals surface area contributed by atoms with Crippen LogP contribution in [0.25, 0.3) is 10.1 Å². The molecule has 0 bridgehead atoms. The van der Waals surface area contributed by atoms with E-state index in [0.717, 1.165) is 28.8 Å². The van der Waals surface area contributed by atoms with Gasteiger partial charge in [-0.1, -0.05) is 50.6 Å². The molecular formula is C19H24ClNOS. The van der Waals surface area contributed by atoms with Crippen molar-refractivity contribution >= 4 is 38.9 Å². The maximum absolute atomic E-state index is 12.6. The van der Waals surface area contributed by atoms with Gasteiger partial charge < -0.3 is 5.32 Å². The van der Waals surface area contributed by atoms with Crippen molar-refractivity contribution < 1.29 is 4.79 Å². The lowest BCUT2D eigenvalue weighted by Crippen LogP contribution is -2.39. The molecule has 1 N–H and O–H groups in total. The van der Waals surface area contributed by atoms with Crippen LogP contribution in [0.3, 0.4) is 0 Å². The second-order valence-electron chi connectivity index (χ2n) is 7.63. The maximum atomic E-state index is 12.6. The molecule has 1 fully saturated rings. The van der Waals surface area contributed by atoms with Crippen LogP contribution < -0.4 is 5.32 Å². The minimum atomic E-state index is -0.0181. The SMILES string of the molecule is CC(C)(C)C1CCC(NC(=O)c2sc3ccccc3c2Cl)CC1. The predicted molar refractivity (Wildman–Crippen MR) is 99.5 cm³/mol. The Morgan fingerprint density at radius 2 is 1.83 bits per heavy atom. The van der Waals surface area contributed by atoms with Crippen molar-refractivity contribution in [2.45, 2.75) is 52.5 Å². The highest BCUT2D eigenvalue weighted by Gasteiger charge is 2.30. The van der Waals surface area contributed by atoms with Gasteiger partial charge in [0.25, 0.3) is 5.91 Å². The highest BCUT2D eigenvalue weighted by Crippen LogP contribution is 2.38. The normalized spacial score (nSPS) is 22.3. The first kappa shape index (κ1) is 16.8. The van der Waals surface area contributed by atoms with Gasteiger partial charge >= 0.3 is 0 Å². The molecule has 0 spiro atoms. The summed E-state index contributed by atoms with van der Waals surface area (Å²) in [6.45, 7) is 6.94. The van der Waals surface area contributed by atoms with Crippen LogP contribution in [0.15, 0.2) is 24.3 Å². The van der Waals surface area contributed by atoms with Crippen LogP contribution in [0, 0.1) is 11.3 Å². The minimum absolute atomic E-state index is 0.0181. The lowest BCUT2D eigenvalue weighted by molar-refractivity contribution is 0.0908. The average Bonchev–Trinajstić information content (AvgIpc) is 2.85.